The normalized spacial score (nSPS) is 12.7. The van der Waals surface area contributed by atoms with Crippen LogP contribution in [0.2, 0.25) is 0 Å². The highest BCUT2D eigenvalue weighted by Gasteiger charge is 2.15. The van der Waals surface area contributed by atoms with Crippen LogP contribution in [-0.4, -0.2) is 21.6 Å². The molecule has 0 bridgehead atoms. The number of aromatic nitrogens is 2. The van der Waals surface area contributed by atoms with Gasteiger partial charge in [0.2, 0.25) is 11.8 Å². The first kappa shape index (κ1) is 18.2. The van der Waals surface area contributed by atoms with Gasteiger partial charge in [-0.1, -0.05) is 13.0 Å². The molecule has 0 spiro atoms. The molecule has 1 aromatic heterocycles. The van der Waals surface area contributed by atoms with Crippen molar-refractivity contribution in [1.29, 1.82) is 0 Å². The average molecular weight is 354 g/mol. The van der Waals surface area contributed by atoms with Crippen LogP contribution in [0.15, 0.2) is 18.2 Å². The zero-order valence-corrected chi connectivity index (χ0v) is 15.7. The summed E-state index contributed by atoms with van der Waals surface area (Å²) in [7, 11) is 1.81. The van der Waals surface area contributed by atoms with Gasteiger partial charge in [-0.05, 0) is 55.9 Å². The van der Waals surface area contributed by atoms with Gasteiger partial charge in [-0.3, -0.25) is 14.3 Å². The standard InChI is InChI=1S/C20H26N4O2/c1-4-17-13(2)20(24(3)23-17)22-19(26)11-10-18(25)21-16-9-8-14-6-5-7-15(14)12-16/h8-9,12H,4-7,10-11H2,1-3H3,(H,21,25)(H,22,26). The van der Waals surface area contributed by atoms with Crippen molar-refractivity contribution in [3.8, 4) is 0 Å². The van der Waals surface area contributed by atoms with E-state index in [0.717, 1.165) is 36.2 Å². The molecule has 3 rings (SSSR count). The molecule has 0 saturated carbocycles. The largest absolute Gasteiger partial charge is 0.326 e. The third-order valence-electron chi connectivity index (χ3n) is 4.94. The number of nitrogens with one attached hydrogen (secondary N) is 2. The van der Waals surface area contributed by atoms with Gasteiger partial charge in [-0.2, -0.15) is 5.10 Å². The number of benzene rings is 1. The van der Waals surface area contributed by atoms with Crippen LogP contribution in [0.5, 0.6) is 0 Å². The second-order valence-electron chi connectivity index (χ2n) is 6.83. The average Bonchev–Trinajstić information content (AvgIpc) is 3.19. The molecule has 1 aliphatic carbocycles. The number of amides is 2. The molecule has 2 amide bonds. The van der Waals surface area contributed by atoms with Crippen LogP contribution in [0.3, 0.4) is 0 Å². The lowest BCUT2D eigenvalue weighted by Crippen LogP contribution is -2.19. The molecule has 0 unspecified atom stereocenters. The molecular formula is C20H26N4O2. The molecule has 1 aliphatic rings. The van der Waals surface area contributed by atoms with Gasteiger partial charge in [0.15, 0.2) is 0 Å². The van der Waals surface area contributed by atoms with Crippen molar-refractivity contribution in [3.05, 3.63) is 40.6 Å². The Labute approximate surface area is 154 Å². The first-order chi connectivity index (χ1) is 12.5. The van der Waals surface area contributed by atoms with E-state index in [1.165, 1.54) is 17.5 Å². The molecule has 0 atom stereocenters. The number of carbonyl (C=O) groups is 2. The van der Waals surface area contributed by atoms with Crippen LogP contribution in [-0.2, 0) is 35.9 Å². The summed E-state index contributed by atoms with van der Waals surface area (Å²) in [6.07, 6.45) is 4.49. The van der Waals surface area contributed by atoms with Gasteiger partial charge in [0.1, 0.15) is 5.82 Å². The number of nitrogens with zero attached hydrogens (tertiary/aromatic N) is 2. The van der Waals surface area contributed by atoms with Crippen molar-refractivity contribution in [2.45, 2.75) is 52.4 Å². The lowest BCUT2D eigenvalue weighted by Gasteiger charge is -2.09. The van der Waals surface area contributed by atoms with Crippen molar-refractivity contribution in [2.24, 2.45) is 7.05 Å². The van der Waals surface area contributed by atoms with E-state index in [9.17, 15) is 9.59 Å². The monoisotopic (exact) mass is 354 g/mol. The van der Waals surface area contributed by atoms with E-state index in [-0.39, 0.29) is 24.7 Å². The number of rotatable bonds is 6. The van der Waals surface area contributed by atoms with E-state index in [0.29, 0.717) is 5.82 Å². The van der Waals surface area contributed by atoms with Gasteiger partial charge in [-0.15, -0.1) is 0 Å². The number of carbonyl (C=O) groups excluding carboxylic acids is 2. The number of fused-ring (bicyclic) bond motifs is 1. The van der Waals surface area contributed by atoms with Crippen molar-refractivity contribution in [2.75, 3.05) is 10.6 Å². The first-order valence-corrected chi connectivity index (χ1v) is 9.22. The Balaban J connectivity index is 1.51. The van der Waals surface area contributed by atoms with Gasteiger partial charge in [0.25, 0.3) is 0 Å². The topological polar surface area (TPSA) is 76.0 Å². The summed E-state index contributed by atoms with van der Waals surface area (Å²) in [5.41, 5.74) is 5.45. The minimum Gasteiger partial charge on any atom is -0.326 e. The van der Waals surface area contributed by atoms with E-state index in [1.807, 2.05) is 33.0 Å². The predicted molar refractivity (Wildman–Crippen MR) is 102 cm³/mol. The molecule has 0 radical (unpaired) electrons. The molecule has 138 valence electrons. The number of hydrogen-bond acceptors (Lipinski definition) is 3. The maximum atomic E-state index is 12.2. The fourth-order valence-electron chi connectivity index (χ4n) is 3.49. The van der Waals surface area contributed by atoms with Crippen LogP contribution >= 0.6 is 0 Å². The molecule has 6 heteroatoms. The third-order valence-corrected chi connectivity index (χ3v) is 4.94. The quantitative estimate of drug-likeness (QED) is 0.837. The van der Waals surface area contributed by atoms with E-state index in [1.54, 1.807) is 4.68 Å². The molecule has 6 nitrogen and oxygen atoms in total. The highest BCUT2D eigenvalue weighted by molar-refractivity contribution is 5.96. The van der Waals surface area contributed by atoms with E-state index < -0.39 is 0 Å². The third kappa shape index (κ3) is 3.95. The van der Waals surface area contributed by atoms with Crippen molar-refractivity contribution < 1.29 is 9.59 Å². The molecule has 0 saturated heterocycles. The summed E-state index contributed by atoms with van der Waals surface area (Å²) in [4.78, 5) is 24.3. The predicted octanol–water partition coefficient (Wildman–Crippen LogP) is 3.14. The molecule has 1 heterocycles. The van der Waals surface area contributed by atoms with Gasteiger partial charge >= 0.3 is 0 Å². The van der Waals surface area contributed by atoms with Crippen LogP contribution in [0.1, 0.15) is 48.6 Å². The van der Waals surface area contributed by atoms with Gasteiger partial charge in [-0.25, -0.2) is 0 Å². The number of aryl methyl sites for hydroxylation is 4. The molecule has 2 aromatic rings. The molecule has 1 aromatic carbocycles. The van der Waals surface area contributed by atoms with Gasteiger partial charge < -0.3 is 10.6 Å². The molecule has 0 fully saturated rings. The fraction of sp³-hybridized carbons (Fsp3) is 0.450. The lowest BCUT2D eigenvalue weighted by molar-refractivity contribution is -0.121. The molecule has 26 heavy (non-hydrogen) atoms. The highest BCUT2D eigenvalue weighted by Crippen LogP contribution is 2.25. The van der Waals surface area contributed by atoms with E-state index in [4.69, 9.17) is 0 Å². The summed E-state index contributed by atoms with van der Waals surface area (Å²) < 4.78 is 1.68. The first-order valence-electron chi connectivity index (χ1n) is 9.22. The summed E-state index contributed by atoms with van der Waals surface area (Å²) in [5.74, 6) is 0.378. The van der Waals surface area contributed by atoms with Crippen LogP contribution in [0.25, 0.3) is 0 Å². The maximum absolute atomic E-state index is 12.2. The molecule has 0 aliphatic heterocycles. The number of hydrogen-bond donors (Lipinski definition) is 2. The SMILES string of the molecule is CCc1nn(C)c(NC(=O)CCC(=O)Nc2ccc3c(c2)CCC3)c1C. The van der Waals surface area contributed by atoms with Crippen LogP contribution < -0.4 is 10.6 Å². The highest BCUT2D eigenvalue weighted by atomic mass is 16.2. The van der Waals surface area contributed by atoms with Crippen molar-refractivity contribution in [3.63, 3.8) is 0 Å². The zero-order chi connectivity index (χ0) is 18.7. The summed E-state index contributed by atoms with van der Waals surface area (Å²) >= 11 is 0. The summed E-state index contributed by atoms with van der Waals surface area (Å²) in [6, 6.07) is 6.07. The maximum Gasteiger partial charge on any atom is 0.226 e. The van der Waals surface area contributed by atoms with Gasteiger partial charge in [0.05, 0.1) is 5.69 Å². The zero-order valence-electron chi connectivity index (χ0n) is 15.7. The van der Waals surface area contributed by atoms with Crippen LogP contribution in [0.4, 0.5) is 11.5 Å². The lowest BCUT2D eigenvalue weighted by atomic mass is 10.1. The Morgan fingerprint density at radius 2 is 1.81 bits per heavy atom. The second-order valence-corrected chi connectivity index (χ2v) is 6.83. The minimum absolute atomic E-state index is 0.142. The Bertz CT molecular complexity index is 839. The van der Waals surface area contributed by atoms with E-state index in [2.05, 4.69) is 21.8 Å². The summed E-state index contributed by atoms with van der Waals surface area (Å²) in [6.45, 7) is 3.98. The Morgan fingerprint density at radius 1 is 1.12 bits per heavy atom. The Kier molecular flexibility index (Phi) is 5.40. The smallest absolute Gasteiger partial charge is 0.226 e. The Morgan fingerprint density at radius 3 is 2.50 bits per heavy atom. The van der Waals surface area contributed by atoms with Crippen molar-refractivity contribution >= 4 is 23.3 Å². The van der Waals surface area contributed by atoms with Gasteiger partial charge in [0, 0.05) is 31.1 Å². The van der Waals surface area contributed by atoms with Crippen molar-refractivity contribution in [1.82, 2.24) is 9.78 Å². The number of anilines is 2. The second kappa shape index (κ2) is 7.72. The minimum atomic E-state index is -0.178. The Hall–Kier alpha value is -2.63. The fourth-order valence-corrected chi connectivity index (χ4v) is 3.49. The molecular weight excluding hydrogens is 328 g/mol. The summed E-state index contributed by atoms with van der Waals surface area (Å²) in [5, 5.41) is 10.1. The molecule has 2 N–H and O–H groups in total. The van der Waals surface area contributed by atoms with E-state index >= 15 is 0 Å². The van der Waals surface area contributed by atoms with Crippen LogP contribution in [0, 0.1) is 6.92 Å².